The SMILES string of the molecule is O=C1CC(=O)OC2(CCC(C(F)(F)F)CC2)O1. The zero-order valence-electron chi connectivity index (χ0n) is 8.88. The quantitative estimate of drug-likeness (QED) is 0.488. The van der Waals surface area contributed by atoms with Gasteiger partial charge in [-0.25, -0.2) is 0 Å². The molecule has 1 aliphatic heterocycles. The van der Waals surface area contributed by atoms with Crippen LogP contribution < -0.4 is 0 Å². The van der Waals surface area contributed by atoms with Crippen LogP contribution in [0, 0.1) is 5.92 Å². The van der Waals surface area contributed by atoms with E-state index in [9.17, 15) is 22.8 Å². The van der Waals surface area contributed by atoms with E-state index in [1.807, 2.05) is 0 Å². The van der Waals surface area contributed by atoms with Gasteiger partial charge in [-0.1, -0.05) is 0 Å². The number of rotatable bonds is 0. The molecule has 1 saturated heterocycles. The molecule has 96 valence electrons. The standard InChI is InChI=1S/C10H11F3O4/c11-10(12,13)6-1-3-9(4-2-6)16-7(14)5-8(15)17-9/h6H,1-5H2. The van der Waals surface area contributed by atoms with Crippen molar-refractivity contribution in [3.05, 3.63) is 0 Å². The summed E-state index contributed by atoms with van der Waals surface area (Å²) in [6.45, 7) is 0. The van der Waals surface area contributed by atoms with Crippen molar-refractivity contribution in [2.45, 2.75) is 44.1 Å². The van der Waals surface area contributed by atoms with Gasteiger partial charge in [0.1, 0.15) is 6.42 Å². The van der Waals surface area contributed by atoms with Crippen LogP contribution in [0.3, 0.4) is 0 Å². The Hall–Kier alpha value is -1.27. The van der Waals surface area contributed by atoms with Crippen LogP contribution in [0.5, 0.6) is 0 Å². The van der Waals surface area contributed by atoms with Crippen molar-refractivity contribution in [2.24, 2.45) is 5.92 Å². The predicted octanol–water partition coefficient (Wildman–Crippen LogP) is 1.93. The highest BCUT2D eigenvalue weighted by molar-refractivity contribution is 5.93. The van der Waals surface area contributed by atoms with Crippen molar-refractivity contribution >= 4 is 11.9 Å². The molecular formula is C10H11F3O4. The zero-order chi connectivity index (χ0) is 12.7. The Labute approximate surface area is 95.1 Å². The minimum atomic E-state index is -4.25. The second kappa shape index (κ2) is 3.89. The van der Waals surface area contributed by atoms with Crippen molar-refractivity contribution in [1.82, 2.24) is 0 Å². The Morgan fingerprint density at radius 2 is 1.53 bits per heavy atom. The predicted molar refractivity (Wildman–Crippen MR) is 47.5 cm³/mol. The molecule has 1 spiro atoms. The molecule has 0 N–H and O–H groups in total. The summed E-state index contributed by atoms with van der Waals surface area (Å²) in [4.78, 5) is 22.2. The smallest absolute Gasteiger partial charge is 0.391 e. The summed E-state index contributed by atoms with van der Waals surface area (Å²) >= 11 is 0. The van der Waals surface area contributed by atoms with E-state index in [1.165, 1.54) is 0 Å². The molecule has 1 saturated carbocycles. The van der Waals surface area contributed by atoms with E-state index in [1.54, 1.807) is 0 Å². The molecule has 2 aliphatic rings. The third-order valence-corrected chi connectivity index (χ3v) is 3.10. The number of alkyl halides is 3. The number of halogens is 3. The highest BCUT2D eigenvalue weighted by Crippen LogP contribution is 2.44. The average molecular weight is 252 g/mol. The summed E-state index contributed by atoms with van der Waals surface area (Å²) < 4.78 is 47.1. The molecule has 4 nitrogen and oxygen atoms in total. The Kier molecular flexibility index (Phi) is 2.79. The molecular weight excluding hydrogens is 241 g/mol. The van der Waals surface area contributed by atoms with Crippen LogP contribution in [0.4, 0.5) is 13.2 Å². The molecule has 0 aromatic heterocycles. The van der Waals surface area contributed by atoms with Gasteiger partial charge < -0.3 is 9.47 Å². The monoisotopic (exact) mass is 252 g/mol. The minimum absolute atomic E-state index is 0.0886. The first-order valence-corrected chi connectivity index (χ1v) is 5.31. The molecule has 17 heavy (non-hydrogen) atoms. The Balaban J connectivity index is 2.02. The maximum absolute atomic E-state index is 12.4. The number of ether oxygens (including phenoxy) is 2. The van der Waals surface area contributed by atoms with E-state index < -0.39 is 36.2 Å². The largest absolute Gasteiger partial charge is 0.422 e. The molecule has 0 aromatic rings. The number of carbonyl (C=O) groups excluding carboxylic acids is 2. The lowest BCUT2D eigenvalue weighted by Crippen LogP contribution is -2.48. The van der Waals surface area contributed by atoms with Gasteiger partial charge in [0.25, 0.3) is 5.79 Å². The lowest BCUT2D eigenvalue weighted by atomic mass is 9.84. The van der Waals surface area contributed by atoms with E-state index in [-0.39, 0.29) is 25.7 Å². The topological polar surface area (TPSA) is 52.6 Å². The summed E-state index contributed by atoms with van der Waals surface area (Å²) in [6, 6.07) is 0. The molecule has 0 radical (unpaired) electrons. The van der Waals surface area contributed by atoms with E-state index >= 15 is 0 Å². The number of hydrogen-bond acceptors (Lipinski definition) is 4. The normalized spacial score (nSPS) is 25.6. The molecule has 0 bridgehead atoms. The van der Waals surface area contributed by atoms with E-state index in [0.717, 1.165) is 0 Å². The second-order valence-electron chi connectivity index (χ2n) is 4.35. The van der Waals surface area contributed by atoms with Crippen molar-refractivity contribution in [3.63, 3.8) is 0 Å². The fourth-order valence-corrected chi connectivity index (χ4v) is 2.21. The molecule has 0 atom stereocenters. The maximum Gasteiger partial charge on any atom is 0.391 e. The van der Waals surface area contributed by atoms with Crippen LogP contribution in [0.1, 0.15) is 32.1 Å². The van der Waals surface area contributed by atoms with Crippen LogP contribution >= 0.6 is 0 Å². The lowest BCUT2D eigenvalue weighted by Gasteiger charge is -2.40. The first kappa shape index (κ1) is 12.2. The van der Waals surface area contributed by atoms with Gasteiger partial charge >= 0.3 is 18.1 Å². The molecule has 1 aliphatic carbocycles. The van der Waals surface area contributed by atoms with Crippen molar-refractivity contribution in [2.75, 3.05) is 0 Å². The first-order valence-electron chi connectivity index (χ1n) is 5.31. The fraction of sp³-hybridized carbons (Fsp3) is 0.800. The summed E-state index contributed by atoms with van der Waals surface area (Å²) in [5.74, 6) is -4.32. The Bertz CT molecular complexity index is 324. The third-order valence-electron chi connectivity index (χ3n) is 3.10. The average Bonchev–Trinajstić information content (AvgIpc) is 2.14. The zero-order valence-corrected chi connectivity index (χ0v) is 8.88. The molecule has 2 fully saturated rings. The van der Waals surface area contributed by atoms with Gasteiger partial charge in [0, 0.05) is 12.8 Å². The van der Waals surface area contributed by atoms with Gasteiger partial charge in [-0.3, -0.25) is 9.59 Å². The Morgan fingerprint density at radius 3 is 1.94 bits per heavy atom. The second-order valence-corrected chi connectivity index (χ2v) is 4.35. The van der Waals surface area contributed by atoms with Crippen LogP contribution in [0.2, 0.25) is 0 Å². The number of esters is 2. The van der Waals surface area contributed by atoms with Crippen LogP contribution in [-0.4, -0.2) is 23.9 Å². The Morgan fingerprint density at radius 1 is 1.06 bits per heavy atom. The molecule has 0 unspecified atom stereocenters. The molecule has 7 heteroatoms. The van der Waals surface area contributed by atoms with Gasteiger partial charge in [-0.15, -0.1) is 0 Å². The van der Waals surface area contributed by atoms with Gasteiger partial charge in [-0.05, 0) is 12.8 Å². The first-order chi connectivity index (χ1) is 7.81. The summed E-state index contributed by atoms with van der Waals surface area (Å²) in [5, 5.41) is 0. The molecule has 2 rings (SSSR count). The summed E-state index contributed by atoms with van der Waals surface area (Å²) in [5.41, 5.74) is 0. The van der Waals surface area contributed by atoms with Crippen LogP contribution in [0.25, 0.3) is 0 Å². The van der Waals surface area contributed by atoms with Gasteiger partial charge in [0.2, 0.25) is 0 Å². The molecule has 1 heterocycles. The highest BCUT2D eigenvalue weighted by Gasteiger charge is 2.51. The molecule has 0 amide bonds. The maximum atomic E-state index is 12.4. The fourth-order valence-electron chi connectivity index (χ4n) is 2.21. The number of hydrogen-bond donors (Lipinski definition) is 0. The van der Waals surface area contributed by atoms with Gasteiger partial charge in [0.15, 0.2) is 0 Å². The summed E-state index contributed by atoms with van der Waals surface area (Å²) in [7, 11) is 0. The number of carbonyl (C=O) groups is 2. The van der Waals surface area contributed by atoms with Crippen molar-refractivity contribution in [1.29, 1.82) is 0 Å². The lowest BCUT2D eigenvalue weighted by molar-refractivity contribution is -0.266. The van der Waals surface area contributed by atoms with E-state index in [4.69, 9.17) is 9.47 Å². The van der Waals surface area contributed by atoms with E-state index in [2.05, 4.69) is 0 Å². The third kappa shape index (κ3) is 2.53. The minimum Gasteiger partial charge on any atom is -0.422 e. The van der Waals surface area contributed by atoms with Crippen molar-refractivity contribution < 1.29 is 32.2 Å². The van der Waals surface area contributed by atoms with Crippen LogP contribution in [0.15, 0.2) is 0 Å². The van der Waals surface area contributed by atoms with E-state index in [0.29, 0.717) is 0 Å². The summed E-state index contributed by atoms with van der Waals surface area (Å²) in [6.07, 6.45) is -5.27. The molecule has 0 aromatic carbocycles. The van der Waals surface area contributed by atoms with Crippen molar-refractivity contribution in [3.8, 4) is 0 Å². The van der Waals surface area contributed by atoms with Crippen LogP contribution in [-0.2, 0) is 19.1 Å². The van der Waals surface area contributed by atoms with Gasteiger partial charge in [0.05, 0.1) is 5.92 Å². The van der Waals surface area contributed by atoms with Gasteiger partial charge in [-0.2, -0.15) is 13.2 Å². The highest BCUT2D eigenvalue weighted by atomic mass is 19.4.